The van der Waals surface area contributed by atoms with Crippen LogP contribution in [0.4, 0.5) is 0 Å². The van der Waals surface area contributed by atoms with Gasteiger partial charge < -0.3 is 15.4 Å². The van der Waals surface area contributed by atoms with E-state index in [0.717, 1.165) is 6.92 Å². The van der Waals surface area contributed by atoms with Crippen molar-refractivity contribution >= 4 is 5.97 Å². The van der Waals surface area contributed by atoms with Crippen LogP contribution in [0.2, 0.25) is 0 Å². The Hall–Kier alpha value is 2.24. The zero-order chi connectivity index (χ0) is 3.58. The second kappa shape index (κ2) is 15.7. The fraction of sp³-hybridized carbons (Fsp3) is 0.500. The minimum Gasteiger partial charge on any atom is -0.870 e. The van der Waals surface area contributed by atoms with Crippen molar-refractivity contribution < 1.29 is 103 Å². The Balaban J connectivity index is -0.0000000150. The van der Waals surface area contributed by atoms with Crippen molar-refractivity contribution in [2.24, 2.45) is 0 Å². The zero-order valence-corrected chi connectivity index (χ0v) is 11.7. The van der Waals surface area contributed by atoms with E-state index in [1.165, 1.54) is 0 Å². The maximum atomic E-state index is 8.89. The van der Waals surface area contributed by atoms with Crippen LogP contribution in [-0.2, 0) is 4.79 Å². The van der Waals surface area contributed by atoms with Crippen LogP contribution in [0.25, 0.3) is 0 Å². The van der Waals surface area contributed by atoms with Crippen LogP contribution in [0.1, 0.15) is 6.92 Å². The number of carbonyl (C=O) groups is 1. The molecule has 0 amide bonds. The van der Waals surface area contributed by atoms with Gasteiger partial charge in [0.15, 0.2) is 0 Å². The predicted octanol–water partition coefficient (Wildman–Crippen LogP) is -7.41. The molecule has 0 fully saturated rings. The third-order valence-electron chi connectivity index (χ3n) is 0. The summed E-state index contributed by atoms with van der Waals surface area (Å²) in [5, 5.41) is 8.89. The molecule has 0 aromatic heterocycles. The SMILES string of the molecule is CC(=O)[O-].[Na+].[OH-].[Rb+]. The molecule has 0 heterocycles. The molecule has 0 aliphatic heterocycles. The van der Waals surface area contributed by atoms with Gasteiger partial charge in [-0.25, -0.2) is 0 Å². The second-order valence-electron chi connectivity index (χ2n) is 0.492. The molecular formula is C2H4NaO3Rb. The van der Waals surface area contributed by atoms with E-state index in [-0.39, 0.29) is 93.2 Å². The van der Waals surface area contributed by atoms with Gasteiger partial charge in [0, 0.05) is 5.97 Å². The number of rotatable bonds is 0. The van der Waals surface area contributed by atoms with Gasteiger partial charge in [0.05, 0.1) is 0 Å². The molecule has 0 atom stereocenters. The molecule has 0 aromatic carbocycles. The monoisotopic (exact) mass is 184 g/mol. The molecule has 0 unspecified atom stereocenters. The minimum atomic E-state index is -1.08. The Morgan fingerprint density at radius 2 is 1.57 bits per heavy atom. The molecule has 0 aliphatic carbocycles. The first kappa shape index (κ1) is 22.9. The van der Waals surface area contributed by atoms with Crippen molar-refractivity contribution in [2.45, 2.75) is 6.92 Å². The summed E-state index contributed by atoms with van der Waals surface area (Å²) in [4.78, 5) is 8.89. The number of hydrogen-bond acceptors (Lipinski definition) is 3. The number of carboxylic acids is 1. The average Bonchev–Trinajstić information content (AvgIpc) is 0.811. The Kier molecular flexibility index (Phi) is 51.3. The molecule has 0 bridgehead atoms. The molecular weight excluding hydrogens is 180 g/mol. The number of carbonyl (C=O) groups excluding carboxylic acids is 1. The van der Waals surface area contributed by atoms with E-state index >= 15 is 0 Å². The molecule has 0 aromatic rings. The molecule has 7 heavy (non-hydrogen) atoms. The van der Waals surface area contributed by atoms with Crippen molar-refractivity contribution in [2.75, 3.05) is 0 Å². The van der Waals surface area contributed by atoms with Crippen LogP contribution in [0, 0.1) is 0 Å². The van der Waals surface area contributed by atoms with Gasteiger partial charge in [-0.15, -0.1) is 0 Å². The van der Waals surface area contributed by atoms with E-state index in [4.69, 9.17) is 9.90 Å². The van der Waals surface area contributed by atoms with E-state index < -0.39 is 5.97 Å². The van der Waals surface area contributed by atoms with Crippen LogP contribution < -0.4 is 92.9 Å². The summed E-state index contributed by atoms with van der Waals surface area (Å²) in [7, 11) is 0. The van der Waals surface area contributed by atoms with Crippen LogP contribution in [0.15, 0.2) is 0 Å². The molecule has 5 heteroatoms. The summed E-state index contributed by atoms with van der Waals surface area (Å²) < 4.78 is 0. The van der Waals surface area contributed by atoms with Crippen LogP contribution in [-0.4, -0.2) is 11.4 Å². The van der Waals surface area contributed by atoms with Crippen molar-refractivity contribution in [3.05, 3.63) is 0 Å². The van der Waals surface area contributed by atoms with E-state index in [0.29, 0.717) is 0 Å². The standard InChI is InChI=1S/C2H4O2.Na.H2O.Rb/c1-2(3)4;;;/h1H3,(H,3,4);;1H2;/q;+1;;+1/p-2. The van der Waals surface area contributed by atoms with Gasteiger partial charge in [-0.05, 0) is 6.92 Å². The van der Waals surface area contributed by atoms with E-state index in [9.17, 15) is 0 Å². The van der Waals surface area contributed by atoms with Gasteiger partial charge in [-0.2, -0.15) is 0 Å². The largest absolute Gasteiger partial charge is 1.00 e. The summed E-state index contributed by atoms with van der Waals surface area (Å²) in [5.74, 6) is -1.08. The van der Waals surface area contributed by atoms with Crippen LogP contribution in [0.5, 0.6) is 0 Å². The van der Waals surface area contributed by atoms with Crippen molar-refractivity contribution in [1.82, 2.24) is 0 Å². The summed E-state index contributed by atoms with van der Waals surface area (Å²) >= 11 is 0. The Labute approximate surface area is 113 Å². The third-order valence-corrected chi connectivity index (χ3v) is 0. The number of carboxylic acid groups (broad SMARTS) is 1. The van der Waals surface area contributed by atoms with Gasteiger partial charge >= 0.3 is 87.7 Å². The fourth-order valence-electron chi connectivity index (χ4n) is 0. The first-order valence-corrected chi connectivity index (χ1v) is 0.908. The molecule has 32 valence electrons. The molecule has 0 rings (SSSR count). The van der Waals surface area contributed by atoms with E-state index in [1.807, 2.05) is 0 Å². The predicted molar refractivity (Wildman–Crippen MR) is 12.6 cm³/mol. The van der Waals surface area contributed by atoms with Gasteiger partial charge in [-0.3, -0.25) is 0 Å². The average molecular weight is 185 g/mol. The molecule has 3 nitrogen and oxygen atoms in total. The smallest absolute Gasteiger partial charge is 0.870 e. The van der Waals surface area contributed by atoms with E-state index in [2.05, 4.69) is 0 Å². The van der Waals surface area contributed by atoms with Crippen molar-refractivity contribution in [1.29, 1.82) is 0 Å². The van der Waals surface area contributed by atoms with Gasteiger partial charge in [0.1, 0.15) is 0 Å². The van der Waals surface area contributed by atoms with Gasteiger partial charge in [0.25, 0.3) is 0 Å². The molecule has 0 saturated carbocycles. The minimum absolute atomic E-state index is 0. The molecule has 0 spiro atoms. The Morgan fingerprint density at radius 1 is 1.57 bits per heavy atom. The molecule has 0 aliphatic rings. The normalized spacial score (nSPS) is 3.57. The van der Waals surface area contributed by atoms with Gasteiger partial charge in [-0.1, -0.05) is 0 Å². The Morgan fingerprint density at radius 3 is 1.57 bits per heavy atom. The summed E-state index contributed by atoms with van der Waals surface area (Å²) in [6, 6.07) is 0. The van der Waals surface area contributed by atoms with Gasteiger partial charge in [0.2, 0.25) is 0 Å². The fourth-order valence-corrected chi connectivity index (χ4v) is 0. The maximum absolute atomic E-state index is 8.89. The zero-order valence-electron chi connectivity index (χ0n) is 4.76. The number of aliphatic carboxylic acids is 1. The third kappa shape index (κ3) is 64.1. The van der Waals surface area contributed by atoms with Crippen LogP contribution in [0.3, 0.4) is 0 Å². The summed E-state index contributed by atoms with van der Waals surface area (Å²) in [5.41, 5.74) is 0. The Bertz CT molecular complexity index is 35.9. The quantitative estimate of drug-likeness (QED) is 0.351. The van der Waals surface area contributed by atoms with E-state index in [1.54, 1.807) is 0 Å². The number of hydrogen-bond donors (Lipinski definition) is 0. The summed E-state index contributed by atoms with van der Waals surface area (Å²) in [6.45, 7) is 0.972. The van der Waals surface area contributed by atoms with Crippen LogP contribution >= 0.6 is 0 Å². The molecule has 0 radical (unpaired) electrons. The van der Waals surface area contributed by atoms with Crippen molar-refractivity contribution in [3.8, 4) is 0 Å². The molecule has 1 N–H and O–H groups in total. The maximum Gasteiger partial charge on any atom is 1.00 e. The second-order valence-corrected chi connectivity index (χ2v) is 0.492. The molecule has 0 saturated heterocycles. The topological polar surface area (TPSA) is 70.1 Å². The summed E-state index contributed by atoms with van der Waals surface area (Å²) in [6.07, 6.45) is 0. The van der Waals surface area contributed by atoms with Crippen molar-refractivity contribution in [3.63, 3.8) is 0 Å². The first-order chi connectivity index (χ1) is 1.73. The first-order valence-electron chi connectivity index (χ1n) is 0.908.